The zero-order chi connectivity index (χ0) is 8.85. The smallest absolute Gasteiger partial charge is 0.190 e. The van der Waals surface area contributed by atoms with Crippen molar-refractivity contribution in [3.05, 3.63) is 0 Å². The molecule has 4 heteroatoms. The summed E-state index contributed by atoms with van der Waals surface area (Å²) in [5, 5.41) is 0. The average Bonchev–Trinajstić information content (AvgIpc) is 2.02. The van der Waals surface area contributed by atoms with Crippen molar-refractivity contribution in [2.24, 2.45) is 10.7 Å². The van der Waals surface area contributed by atoms with Crippen LogP contribution in [-0.4, -0.2) is 43.0 Å². The van der Waals surface area contributed by atoms with E-state index in [0.29, 0.717) is 12.0 Å². The van der Waals surface area contributed by atoms with E-state index < -0.39 is 0 Å². The molecule has 0 aliphatic rings. The van der Waals surface area contributed by atoms with Gasteiger partial charge in [0.25, 0.3) is 0 Å². The maximum absolute atomic E-state index is 5.61. The maximum Gasteiger partial charge on any atom is 0.190 e. The Labute approximate surface area is 73.0 Å². The van der Waals surface area contributed by atoms with Crippen LogP contribution in [0.25, 0.3) is 0 Å². The molecule has 0 aliphatic carbocycles. The van der Waals surface area contributed by atoms with Crippen molar-refractivity contribution in [1.29, 1.82) is 0 Å². The highest BCUT2D eigenvalue weighted by Gasteiger charge is 2.08. The van der Waals surface area contributed by atoms with Crippen LogP contribution in [0.15, 0.2) is 4.99 Å². The van der Waals surface area contributed by atoms with Crippen LogP contribution in [-0.2, 0) is 0 Å². The van der Waals surface area contributed by atoms with Gasteiger partial charge in [0.2, 0.25) is 0 Å². The number of rotatable bonds is 3. The lowest BCUT2D eigenvalue weighted by Crippen LogP contribution is -2.41. The van der Waals surface area contributed by atoms with Crippen LogP contribution in [0, 0.1) is 0 Å². The lowest BCUT2D eigenvalue weighted by molar-refractivity contribution is 0.418. The van der Waals surface area contributed by atoms with Crippen molar-refractivity contribution in [2.45, 2.75) is 13.0 Å². The molecule has 0 fully saturated rings. The zero-order valence-electron chi connectivity index (χ0n) is 7.66. The van der Waals surface area contributed by atoms with Gasteiger partial charge in [-0.3, -0.25) is 4.99 Å². The molecule has 11 heavy (non-hydrogen) atoms. The van der Waals surface area contributed by atoms with E-state index in [1.165, 1.54) is 0 Å². The summed E-state index contributed by atoms with van der Waals surface area (Å²) in [6, 6.07) is 0.452. The zero-order valence-corrected chi connectivity index (χ0v) is 8.48. The van der Waals surface area contributed by atoms with E-state index >= 15 is 0 Å². The van der Waals surface area contributed by atoms with Crippen LogP contribution in [0.1, 0.15) is 6.92 Å². The van der Waals surface area contributed by atoms with E-state index in [0.717, 1.165) is 5.75 Å². The van der Waals surface area contributed by atoms with Crippen molar-refractivity contribution < 1.29 is 0 Å². The third-order valence-corrected chi connectivity index (χ3v) is 2.48. The number of nitrogens with zero attached hydrogens (tertiary/aromatic N) is 2. The summed E-state index contributed by atoms with van der Waals surface area (Å²) in [5.74, 6) is 1.68. The highest BCUT2D eigenvalue weighted by Crippen LogP contribution is 2.02. The highest BCUT2D eigenvalue weighted by atomic mass is 32.2. The van der Waals surface area contributed by atoms with Gasteiger partial charge in [-0.05, 0) is 13.2 Å². The van der Waals surface area contributed by atoms with Crippen LogP contribution in [0.5, 0.6) is 0 Å². The Morgan fingerprint density at radius 3 is 2.64 bits per heavy atom. The van der Waals surface area contributed by atoms with Crippen LogP contribution in [0.2, 0.25) is 0 Å². The standard InChI is InChI=1S/C7H17N3S/c1-6(5-11-4)10(3)7(8)9-2/h6H,5H2,1-4H3,(H2,8,9). The Kier molecular flexibility index (Phi) is 5.11. The second-order valence-corrected chi connectivity index (χ2v) is 3.41. The first kappa shape index (κ1) is 10.6. The van der Waals surface area contributed by atoms with Gasteiger partial charge in [-0.15, -0.1) is 0 Å². The Balaban J connectivity index is 3.91. The van der Waals surface area contributed by atoms with E-state index in [9.17, 15) is 0 Å². The summed E-state index contributed by atoms with van der Waals surface area (Å²) in [6.07, 6.45) is 2.09. The van der Waals surface area contributed by atoms with E-state index in [2.05, 4.69) is 18.2 Å². The second kappa shape index (κ2) is 5.29. The van der Waals surface area contributed by atoms with Gasteiger partial charge in [-0.25, -0.2) is 0 Å². The third kappa shape index (κ3) is 3.51. The van der Waals surface area contributed by atoms with Crippen LogP contribution in [0.3, 0.4) is 0 Å². The van der Waals surface area contributed by atoms with Crippen molar-refractivity contribution in [3.8, 4) is 0 Å². The fourth-order valence-electron chi connectivity index (χ4n) is 0.737. The molecule has 0 saturated carbocycles. The summed E-state index contributed by atoms with van der Waals surface area (Å²) in [5.41, 5.74) is 5.61. The van der Waals surface area contributed by atoms with Gasteiger partial charge in [0.05, 0.1) is 0 Å². The number of hydrogen-bond donors (Lipinski definition) is 1. The average molecular weight is 175 g/mol. The molecular formula is C7H17N3S. The molecule has 0 amide bonds. The molecule has 0 heterocycles. The first-order valence-corrected chi connectivity index (χ1v) is 4.96. The molecule has 0 radical (unpaired) electrons. The third-order valence-electron chi connectivity index (χ3n) is 1.66. The van der Waals surface area contributed by atoms with Gasteiger partial charge < -0.3 is 10.6 Å². The molecule has 0 aliphatic heterocycles. The number of hydrogen-bond acceptors (Lipinski definition) is 2. The predicted octanol–water partition coefficient (Wildman–Crippen LogP) is 0.614. The fraction of sp³-hybridized carbons (Fsp3) is 0.857. The molecule has 2 N–H and O–H groups in total. The molecule has 1 unspecified atom stereocenters. The molecule has 0 saturated heterocycles. The molecule has 0 rings (SSSR count). The number of nitrogens with two attached hydrogens (primary N) is 1. The minimum absolute atomic E-state index is 0.452. The molecular weight excluding hydrogens is 158 g/mol. The highest BCUT2D eigenvalue weighted by molar-refractivity contribution is 7.98. The fourth-order valence-corrected chi connectivity index (χ4v) is 1.44. The summed E-state index contributed by atoms with van der Waals surface area (Å²) in [7, 11) is 3.67. The van der Waals surface area contributed by atoms with Crippen molar-refractivity contribution >= 4 is 17.7 Å². The van der Waals surface area contributed by atoms with E-state index in [1.807, 2.05) is 23.7 Å². The molecule has 0 bridgehead atoms. The quantitative estimate of drug-likeness (QED) is 0.505. The molecule has 0 spiro atoms. The molecule has 1 atom stereocenters. The van der Waals surface area contributed by atoms with Gasteiger partial charge in [0.15, 0.2) is 5.96 Å². The summed E-state index contributed by atoms with van der Waals surface area (Å²) in [6.45, 7) is 2.13. The first-order valence-electron chi connectivity index (χ1n) is 3.57. The molecule has 0 aromatic heterocycles. The normalized spacial score (nSPS) is 14.7. The van der Waals surface area contributed by atoms with Crippen molar-refractivity contribution in [2.75, 3.05) is 26.1 Å². The summed E-state index contributed by atoms with van der Waals surface area (Å²) >= 11 is 1.81. The lowest BCUT2D eigenvalue weighted by atomic mass is 10.3. The van der Waals surface area contributed by atoms with Gasteiger partial charge in [0.1, 0.15) is 0 Å². The second-order valence-electron chi connectivity index (χ2n) is 2.50. The van der Waals surface area contributed by atoms with Gasteiger partial charge in [-0.2, -0.15) is 11.8 Å². The monoisotopic (exact) mass is 175 g/mol. The Morgan fingerprint density at radius 2 is 2.27 bits per heavy atom. The topological polar surface area (TPSA) is 41.6 Å². The Bertz CT molecular complexity index is 136. The predicted molar refractivity (Wildman–Crippen MR) is 53.2 cm³/mol. The Hall–Kier alpha value is -0.380. The molecule has 0 aromatic rings. The van der Waals surface area contributed by atoms with E-state index in [-0.39, 0.29) is 0 Å². The van der Waals surface area contributed by atoms with E-state index in [1.54, 1.807) is 7.05 Å². The van der Waals surface area contributed by atoms with Gasteiger partial charge in [0, 0.05) is 25.9 Å². The largest absolute Gasteiger partial charge is 0.370 e. The SMILES string of the molecule is CN=C(N)N(C)C(C)CSC. The van der Waals surface area contributed by atoms with Gasteiger partial charge >= 0.3 is 0 Å². The molecule has 3 nitrogen and oxygen atoms in total. The van der Waals surface area contributed by atoms with Crippen LogP contribution < -0.4 is 5.73 Å². The maximum atomic E-state index is 5.61. The minimum Gasteiger partial charge on any atom is -0.370 e. The summed E-state index contributed by atoms with van der Waals surface area (Å²) in [4.78, 5) is 5.89. The van der Waals surface area contributed by atoms with Gasteiger partial charge in [-0.1, -0.05) is 0 Å². The minimum atomic E-state index is 0.452. The number of aliphatic imine (C=N–C) groups is 1. The molecule has 0 aromatic carbocycles. The number of guanidine groups is 1. The van der Waals surface area contributed by atoms with E-state index in [4.69, 9.17) is 5.73 Å². The van der Waals surface area contributed by atoms with Crippen molar-refractivity contribution in [3.63, 3.8) is 0 Å². The van der Waals surface area contributed by atoms with Crippen LogP contribution in [0.4, 0.5) is 0 Å². The lowest BCUT2D eigenvalue weighted by Gasteiger charge is -2.24. The summed E-state index contributed by atoms with van der Waals surface area (Å²) < 4.78 is 0. The molecule has 66 valence electrons. The van der Waals surface area contributed by atoms with Crippen LogP contribution >= 0.6 is 11.8 Å². The Morgan fingerprint density at radius 1 is 1.73 bits per heavy atom. The van der Waals surface area contributed by atoms with Crippen molar-refractivity contribution in [1.82, 2.24) is 4.90 Å². The number of thioether (sulfide) groups is 1. The first-order chi connectivity index (χ1) is 5.13.